The van der Waals surface area contributed by atoms with Crippen LogP contribution in [0.1, 0.15) is 0 Å². The van der Waals surface area contributed by atoms with Crippen LogP contribution in [0.15, 0.2) is 192 Å². The topological polar surface area (TPSA) is 32.5 Å². The van der Waals surface area contributed by atoms with Gasteiger partial charge in [0.1, 0.15) is 5.52 Å². The number of oxazole rings is 1. The third-order valence-electron chi connectivity index (χ3n) is 9.01. The van der Waals surface area contributed by atoms with Gasteiger partial charge in [-0.3, -0.25) is 0 Å². The fraction of sp³-hybridized carbons (Fsp3) is 0. The summed E-state index contributed by atoms with van der Waals surface area (Å²) in [7, 11) is 0. The Balaban J connectivity index is 1.37. The minimum absolute atomic E-state index is 0.600. The number of para-hydroxylation sites is 4. The van der Waals surface area contributed by atoms with E-state index in [2.05, 4.69) is 168 Å². The molecule has 0 unspecified atom stereocenters. The first kappa shape index (κ1) is 28.6. The fourth-order valence-electron chi connectivity index (χ4n) is 6.79. The molecule has 4 heteroatoms. The van der Waals surface area contributed by atoms with E-state index in [1.54, 1.807) is 0 Å². The first-order chi connectivity index (χ1) is 24.3. The second-order valence-corrected chi connectivity index (χ2v) is 12.0. The van der Waals surface area contributed by atoms with Crippen LogP contribution in [0.4, 0.5) is 34.1 Å². The average Bonchev–Trinajstić information content (AvgIpc) is 3.61. The Morgan fingerprint density at radius 3 is 1.45 bits per heavy atom. The van der Waals surface area contributed by atoms with Gasteiger partial charge in [-0.05, 0) is 89.6 Å². The highest BCUT2D eigenvalue weighted by Crippen LogP contribution is 2.46. The summed E-state index contributed by atoms with van der Waals surface area (Å²) >= 11 is 0. The lowest BCUT2D eigenvalue weighted by Crippen LogP contribution is -2.10. The zero-order valence-electron chi connectivity index (χ0n) is 26.6. The zero-order chi connectivity index (χ0) is 32.6. The van der Waals surface area contributed by atoms with E-state index in [4.69, 9.17) is 9.40 Å². The van der Waals surface area contributed by atoms with Crippen molar-refractivity contribution in [3.63, 3.8) is 0 Å². The van der Waals surface area contributed by atoms with Crippen LogP contribution in [-0.4, -0.2) is 4.98 Å². The molecule has 9 rings (SSSR count). The summed E-state index contributed by atoms with van der Waals surface area (Å²) in [5, 5.41) is 4.32. The van der Waals surface area contributed by atoms with Crippen LogP contribution >= 0.6 is 0 Å². The molecule has 232 valence electrons. The Bertz CT molecular complexity index is 2450. The fourth-order valence-corrected chi connectivity index (χ4v) is 6.79. The van der Waals surface area contributed by atoms with Crippen LogP contribution < -0.4 is 9.80 Å². The monoisotopic (exact) mass is 629 g/mol. The van der Waals surface area contributed by atoms with Gasteiger partial charge in [-0.15, -0.1) is 0 Å². The summed E-state index contributed by atoms with van der Waals surface area (Å²) in [6.45, 7) is 0. The van der Waals surface area contributed by atoms with Gasteiger partial charge >= 0.3 is 0 Å². The van der Waals surface area contributed by atoms with E-state index in [1.807, 2.05) is 30.3 Å². The highest BCUT2D eigenvalue weighted by molar-refractivity contribution is 6.23. The summed E-state index contributed by atoms with van der Waals surface area (Å²) in [5.41, 5.74) is 8.91. The van der Waals surface area contributed by atoms with Gasteiger partial charge in [0.25, 0.3) is 0 Å². The zero-order valence-corrected chi connectivity index (χ0v) is 26.6. The summed E-state index contributed by atoms with van der Waals surface area (Å²) in [4.78, 5) is 9.73. The highest BCUT2D eigenvalue weighted by atomic mass is 16.3. The van der Waals surface area contributed by atoms with E-state index >= 15 is 0 Å². The molecule has 0 amide bonds. The average molecular weight is 630 g/mol. The lowest BCUT2D eigenvalue weighted by atomic mass is 9.97. The molecule has 0 aliphatic carbocycles. The Morgan fingerprint density at radius 1 is 0.408 bits per heavy atom. The molecule has 0 aliphatic rings. The summed E-state index contributed by atoms with van der Waals surface area (Å²) in [6.07, 6.45) is 0. The van der Waals surface area contributed by atoms with Crippen molar-refractivity contribution in [3.05, 3.63) is 188 Å². The lowest BCUT2D eigenvalue weighted by molar-refractivity contribution is 0.623. The molecule has 1 heterocycles. The summed E-state index contributed by atoms with van der Waals surface area (Å²) < 4.78 is 6.75. The number of aromatic nitrogens is 1. The number of fused-ring (bicyclic) bond motifs is 5. The molecule has 0 spiro atoms. The third-order valence-corrected chi connectivity index (χ3v) is 9.01. The van der Waals surface area contributed by atoms with Gasteiger partial charge in [0, 0.05) is 44.8 Å². The first-order valence-corrected chi connectivity index (χ1v) is 16.5. The van der Waals surface area contributed by atoms with Crippen molar-refractivity contribution in [3.8, 4) is 11.5 Å². The predicted molar refractivity (Wildman–Crippen MR) is 204 cm³/mol. The smallest absolute Gasteiger partial charge is 0.227 e. The van der Waals surface area contributed by atoms with E-state index in [0.29, 0.717) is 5.89 Å². The van der Waals surface area contributed by atoms with Gasteiger partial charge in [0.2, 0.25) is 5.89 Å². The van der Waals surface area contributed by atoms with Gasteiger partial charge in [0.15, 0.2) is 5.58 Å². The Morgan fingerprint density at radius 2 is 0.898 bits per heavy atom. The summed E-state index contributed by atoms with van der Waals surface area (Å²) in [5.74, 6) is 0.600. The van der Waals surface area contributed by atoms with Gasteiger partial charge in [0.05, 0.1) is 5.69 Å². The minimum Gasteiger partial charge on any atom is -0.435 e. The number of nitrogens with zero attached hydrogens (tertiary/aromatic N) is 3. The third kappa shape index (κ3) is 5.16. The Kier molecular flexibility index (Phi) is 7.10. The molecule has 0 radical (unpaired) electrons. The molecular formula is C45H31N3O. The normalized spacial score (nSPS) is 11.3. The molecule has 9 aromatic rings. The van der Waals surface area contributed by atoms with E-state index in [0.717, 1.165) is 72.3 Å². The van der Waals surface area contributed by atoms with Crippen LogP contribution in [0.25, 0.3) is 44.1 Å². The van der Waals surface area contributed by atoms with Crippen molar-refractivity contribution in [1.29, 1.82) is 0 Å². The molecule has 0 N–H and O–H groups in total. The Hall–Kier alpha value is -6.65. The van der Waals surface area contributed by atoms with Crippen LogP contribution in [0.2, 0.25) is 0 Å². The van der Waals surface area contributed by atoms with Crippen LogP contribution in [0, 0.1) is 0 Å². The maximum atomic E-state index is 6.75. The molecule has 8 aromatic carbocycles. The van der Waals surface area contributed by atoms with Gasteiger partial charge in [-0.2, -0.15) is 0 Å². The van der Waals surface area contributed by atoms with Gasteiger partial charge < -0.3 is 14.2 Å². The van der Waals surface area contributed by atoms with Crippen molar-refractivity contribution < 1.29 is 4.42 Å². The van der Waals surface area contributed by atoms with Crippen molar-refractivity contribution >= 4 is 66.8 Å². The molecule has 0 saturated carbocycles. The first-order valence-electron chi connectivity index (χ1n) is 16.5. The SMILES string of the molecule is c1ccc(-c2nc3cc(N(c4ccccc4)c4ccccc4)c4ccc5ccc(N(c6ccccc6)c6ccccc6)cc5c4c3o2)cc1. The van der Waals surface area contributed by atoms with Crippen LogP contribution in [0.3, 0.4) is 0 Å². The molecule has 0 bridgehead atoms. The van der Waals surface area contributed by atoms with Crippen molar-refractivity contribution in [2.75, 3.05) is 9.80 Å². The minimum atomic E-state index is 0.600. The van der Waals surface area contributed by atoms with E-state index in [9.17, 15) is 0 Å². The number of hydrogen-bond donors (Lipinski definition) is 0. The van der Waals surface area contributed by atoms with E-state index < -0.39 is 0 Å². The van der Waals surface area contributed by atoms with Crippen molar-refractivity contribution in [1.82, 2.24) is 4.98 Å². The quantitative estimate of drug-likeness (QED) is 0.164. The predicted octanol–water partition coefficient (Wildman–Crippen LogP) is 12.7. The Labute approximate surface area is 284 Å². The van der Waals surface area contributed by atoms with E-state index in [-0.39, 0.29) is 0 Å². The number of rotatable bonds is 7. The maximum absolute atomic E-state index is 6.75. The molecule has 1 aromatic heterocycles. The second-order valence-electron chi connectivity index (χ2n) is 12.0. The molecule has 4 nitrogen and oxygen atoms in total. The van der Waals surface area contributed by atoms with E-state index in [1.165, 1.54) is 0 Å². The van der Waals surface area contributed by atoms with Gasteiger partial charge in [-0.25, -0.2) is 4.98 Å². The maximum Gasteiger partial charge on any atom is 0.227 e. The highest BCUT2D eigenvalue weighted by Gasteiger charge is 2.22. The van der Waals surface area contributed by atoms with Crippen molar-refractivity contribution in [2.45, 2.75) is 0 Å². The largest absolute Gasteiger partial charge is 0.435 e. The number of anilines is 6. The molecular weight excluding hydrogens is 599 g/mol. The number of benzene rings is 8. The van der Waals surface area contributed by atoms with Crippen molar-refractivity contribution in [2.24, 2.45) is 0 Å². The van der Waals surface area contributed by atoms with Gasteiger partial charge in [-0.1, -0.05) is 109 Å². The molecule has 0 atom stereocenters. The lowest BCUT2D eigenvalue weighted by Gasteiger charge is -2.27. The number of hydrogen-bond acceptors (Lipinski definition) is 4. The molecule has 49 heavy (non-hydrogen) atoms. The molecule has 0 fully saturated rings. The van der Waals surface area contributed by atoms with Crippen LogP contribution in [-0.2, 0) is 0 Å². The standard InChI is InChI=1S/C45H31N3O/c1-6-16-33(17-7-1)45-46-41-31-42(48(36-22-12-4-13-23-36)37-24-14-5-15-25-37)39-29-27-32-26-28-38(30-40(32)43(39)44(41)49-45)47(34-18-8-2-9-19-34)35-20-10-3-11-21-35/h1-31H. The second kappa shape index (κ2) is 12.2. The molecule has 0 aliphatic heterocycles. The van der Waals surface area contributed by atoms with Crippen LogP contribution in [0.5, 0.6) is 0 Å². The summed E-state index contributed by atoms with van der Waals surface area (Å²) in [6, 6.07) is 65.5. The molecule has 0 saturated heterocycles.